The topological polar surface area (TPSA) is 46.2 Å². The molecule has 1 heterocycles. The standard InChI is InChI=1S/C12H23NO2S/c1-10(2)7-13-11-3-5-12(6-4-11)8-16(14,15)9-12/h10-11,13H,3-9H2,1-2H3. The zero-order valence-corrected chi connectivity index (χ0v) is 11.1. The van der Waals surface area contributed by atoms with Crippen molar-refractivity contribution in [3.8, 4) is 0 Å². The largest absolute Gasteiger partial charge is 0.314 e. The van der Waals surface area contributed by atoms with E-state index >= 15 is 0 Å². The highest BCUT2D eigenvalue weighted by atomic mass is 32.2. The van der Waals surface area contributed by atoms with Crippen LogP contribution in [-0.2, 0) is 9.84 Å². The van der Waals surface area contributed by atoms with Gasteiger partial charge in [0.25, 0.3) is 0 Å². The number of rotatable bonds is 3. The van der Waals surface area contributed by atoms with Gasteiger partial charge in [-0.25, -0.2) is 8.42 Å². The summed E-state index contributed by atoms with van der Waals surface area (Å²) >= 11 is 0. The molecular weight excluding hydrogens is 222 g/mol. The molecule has 0 bridgehead atoms. The van der Waals surface area contributed by atoms with Crippen molar-refractivity contribution in [1.29, 1.82) is 0 Å². The first-order valence-electron chi connectivity index (χ1n) is 6.35. The Morgan fingerprint density at radius 3 is 2.25 bits per heavy atom. The molecular formula is C12H23NO2S. The van der Waals surface area contributed by atoms with Gasteiger partial charge in [0, 0.05) is 6.04 Å². The molecule has 1 aliphatic heterocycles. The third-order valence-electron chi connectivity index (χ3n) is 3.91. The lowest BCUT2D eigenvalue weighted by Gasteiger charge is -2.46. The third-order valence-corrected chi connectivity index (χ3v) is 6.02. The van der Waals surface area contributed by atoms with Gasteiger partial charge in [-0.05, 0) is 43.6 Å². The zero-order chi connectivity index (χ0) is 11.8. The summed E-state index contributed by atoms with van der Waals surface area (Å²) in [5.41, 5.74) is 0.175. The van der Waals surface area contributed by atoms with Crippen molar-refractivity contribution in [2.75, 3.05) is 18.1 Å². The Kier molecular flexibility index (Phi) is 3.32. The minimum Gasteiger partial charge on any atom is -0.314 e. The number of sulfone groups is 1. The molecule has 2 aliphatic rings. The van der Waals surface area contributed by atoms with E-state index in [0.29, 0.717) is 23.5 Å². The van der Waals surface area contributed by atoms with E-state index in [4.69, 9.17) is 0 Å². The third kappa shape index (κ3) is 2.77. The molecule has 0 radical (unpaired) electrons. The minimum absolute atomic E-state index is 0.175. The molecule has 0 atom stereocenters. The van der Waals surface area contributed by atoms with E-state index in [1.54, 1.807) is 0 Å². The van der Waals surface area contributed by atoms with E-state index < -0.39 is 9.84 Å². The van der Waals surface area contributed by atoms with Crippen LogP contribution in [0.3, 0.4) is 0 Å². The average Bonchev–Trinajstić information content (AvgIpc) is 2.14. The van der Waals surface area contributed by atoms with Crippen molar-refractivity contribution in [3.05, 3.63) is 0 Å². The molecule has 1 spiro atoms. The van der Waals surface area contributed by atoms with Crippen molar-refractivity contribution >= 4 is 9.84 Å². The van der Waals surface area contributed by atoms with E-state index in [9.17, 15) is 8.42 Å². The van der Waals surface area contributed by atoms with Crippen molar-refractivity contribution in [2.24, 2.45) is 11.3 Å². The normalized spacial score (nSPS) is 28.2. The van der Waals surface area contributed by atoms with E-state index in [1.807, 2.05) is 0 Å². The molecule has 3 nitrogen and oxygen atoms in total. The van der Waals surface area contributed by atoms with Crippen LogP contribution in [0.25, 0.3) is 0 Å². The van der Waals surface area contributed by atoms with E-state index in [1.165, 1.54) is 0 Å². The summed E-state index contributed by atoms with van der Waals surface area (Å²) in [7, 11) is -2.65. The summed E-state index contributed by atoms with van der Waals surface area (Å²) in [6.45, 7) is 5.52. The number of hydrogen-bond donors (Lipinski definition) is 1. The van der Waals surface area contributed by atoms with Crippen LogP contribution in [-0.4, -0.2) is 32.5 Å². The molecule has 16 heavy (non-hydrogen) atoms. The van der Waals surface area contributed by atoms with Crippen LogP contribution in [0.4, 0.5) is 0 Å². The van der Waals surface area contributed by atoms with E-state index in [2.05, 4.69) is 19.2 Å². The molecule has 1 saturated carbocycles. The van der Waals surface area contributed by atoms with Crippen LogP contribution in [0, 0.1) is 11.3 Å². The van der Waals surface area contributed by atoms with Crippen molar-refractivity contribution in [3.63, 3.8) is 0 Å². The fourth-order valence-corrected chi connectivity index (χ4v) is 5.37. The first-order valence-corrected chi connectivity index (χ1v) is 8.17. The monoisotopic (exact) mass is 245 g/mol. The van der Waals surface area contributed by atoms with Crippen LogP contribution in [0.15, 0.2) is 0 Å². The maximum Gasteiger partial charge on any atom is 0.151 e. The SMILES string of the molecule is CC(C)CNC1CCC2(CC1)CS(=O)(=O)C2. The van der Waals surface area contributed by atoms with Gasteiger partial charge >= 0.3 is 0 Å². The summed E-state index contributed by atoms with van der Waals surface area (Å²) in [4.78, 5) is 0. The Balaban J connectivity index is 1.75. The quantitative estimate of drug-likeness (QED) is 0.821. The smallest absolute Gasteiger partial charge is 0.151 e. The van der Waals surface area contributed by atoms with E-state index in [0.717, 1.165) is 32.2 Å². The van der Waals surface area contributed by atoms with Crippen LogP contribution in [0.1, 0.15) is 39.5 Å². The maximum atomic E-state index is 11.2. The highest BCUT2D eigenvalue weighted by Gasteiger charge is 2.49. The number of hydrogen-bond acceptors (Lipinski definition) is 3. The van der Waals surface area contributed by atoms with Crippen LogP contribution >= 0.6 is 0 Å². The molecule has 2 fully saturated rings. The average molecular weight is 245 g/mol. The Labute approximate surface area is 98.9 Å². The van der Waals surface area contributed by atoms with Gasteiger partial charge < -0.3 is 5.32 Å². The van der Waals surface area contributed by atoms with Crippen molar-refractivity contribution in [1.82, 2.24) is 5.32 Å². The van der Waals surface area contributed by atoms with Gasteiger partial charge in [0.2, 0.25) is 0 Å². The Hall–Kier alpha value is -0.0900. The Bertz CT molecular complexity index is 326. The van der Waals surface area contributed by atoms with Crippen molar-refractivity contribution in [2.45, 2.75) is 45.6 Å². The van der Waals surface area contributed by atoms with Crippen LogP contribution < -0.4 is 5.32 Å². The van der Waals surface area contributed by atoms with Gasteiger partial charge in [0.05, 0.1) is 11.5 Å². The summed E-state index contributed by atoms with van der Waals surface area (Å²) < 4.78 is 22.5. The lowest BCUT2D eigenvalue weighted by molar-refractivity contribution is 0.191. The van der Waals surface area contributed by atoms with E-state index in [-0.39, 0.29) is 5.41 Å². The number of nitrogens with one attached hydrogen (secondary N) is 1. The molecule has 0 aromatic heterocycles. The van der Waals surface area contributed by atoms with Gasteiger partial charge in [-0.2, -0.15) is 0 Å². The fourth-order valence-electron chi connectivity index (χ4n) is 3.02. The molecule has 2 rings (SSSR count). The zero-order valence-electron chi connectivity index (χ0n) is 10.3. The molecule has 0 unspecified atom stereocenters. The lowest BCUT2D eigenvalue weighted by Crippen LogP contribution is -2.52. The highest BCUT2D eigenvalue weighted by Crippen LogP contribution is 2.45. The van der Waals surface area contributed by atoms with Crippen LogP contribution in [0.5, 0.6) is 0 Å². The maximum absolute atomic E-state index is 11.2. The van der Waals surface area contributed by atoms with Gasteiger partial charge in [0.15, 0.2) is 9.84 Å². The van der Waals surface area contributed by atoms with Crippen LogP contribution in [0.2, 0.25) is 0 Å². The molecule has 1 saturated heterocycles. The van der Waals surface area contributed by atoms with Gasteiger partial charge in [0.1, 0.15) is 0 Å². The van der Waals surface area contributed by atoms with Crippen molar-refractivity contribution < 1.29 is 8.42 Å². The molecule has 94 valence electrons. The molecule has 0 aromatic rings. The van der Waals surface area contributed by atoms with Gasteiger partial charge in [-0.3, -0.25) is 0 Å². The second-order valence-corrected chi connectivity index (χ2v) is 8.17. The van der Waals surface area contributed by atoms with Gasteiger partial charge in [-0.1, -0.05) is 13.8 Å². The molecule has 0 aromatic carbocycles. The fraction of sp³-hybridized carbons (Fsp3) is 1.00. The Morgan fingerprint density at radius 2 is 1.81 bits per heavy atom. The first-order chi connectivity index (χ1) is 7.41. The highest BCUT2D eigenvalue weighted by molar-refractivity contribution is 7.92. The molecule has 0 amide bonds. The first kappa shape index (κ1) is 12.4. The predicted octanol–water partition coefficient (Wildman–Crippen LogP) is 1.59. The molecule has 4 heteroatoms. The second kappa shape index (κ2) is 4.30. The summed E-state index contributed by atoms with van der Waals surface area (Å²) in [5.74, 6) is 1.60. The molecule has 1 aliphatic carbocycles. The lowest BCUT2D eigenvalue weighted by atomic mass is 9.74. The second-order valence-electron chi connectivity index (χ2n) is 6.11. The summed E-state index contributed by atoms with van der Waals surface area (Å²) in [6, 6.07) is 0.622. The summed E-state index contributed by atoms with van der Waals surface area (Å²) in [5, 5.41) is 3.58. The molecule has 1 N–H and O–H groups in total. The minimum atomic E-state index is -2.65. The van der Waals surface area contributed by atoms with Gasteiger partial charge in [-0.15, -0.1) is 0 Å². The predicted molar refractivity (Wildman–Crippen MR) is 66.2 cm³/mol. The Morgan fingerprint density at radius 1 is 1.25 bits per heavy atom. The summed E-state index contributed by atoms with van der Waals surface area (Å²) in [6.07, 6.45) is 4.51.